The average molecular weight is 345 g/mol. The molecule has 0 aliphatic rings. The van der Waals surface area contributed by atoms with Crippen LogP contribution in [0.4, 0.5) is 0 Å². The van der Waals surface area contributed by atoms with Crippen LogP contribution < -0.4 is 9.47 Å². The summed E-state index contributed by atoms with van der Waals surface area (Å²) < 4.78 is 12.2. The Bertz CT molecular complexity index is 735. The van der Waals surface area contributed by atoms with Crippen molar-refractivity contribution in [3.05, 3.63) is 59.3 Å². The van der Waals surface area contributed by atoms with Gasteiger partial charge < -0.3 is 9.47 Å². The molecule has 0 bridgehead atoms. The molecule has 0 unspecified atom stereocenters. The second-order valence-electron chi connectivity index (χ2n) is 4.34. The molecule has 0 atom stereocenters. The summed E-state index contributed by atoms with van der Waals surface area (Å²) in [5.41, 5.74) is 1.55. The summed E-state index contributed by atoms with van der Waals surface area (Å²) in [4.78, 5) is 8.62. The van der Waals surface area contributed by atoms with Gasteiger partial charge in [0.05, 0.1) is 5.52 Å². The van der Waals surface area contributed by atoms with Crippen molar-refractivity contribution in [2.45, 2.75) is 0 Å². The summed E-state index contributed by atoms with van der Waals surface area (Å²) in [5.74, 6) is 1.55. The number of hydrogen-bond donors (Lipinski definition) is 0. The molecule has 3 aromatic rings. The Labute approximate surface area is 130 Å². The second-order valence-corrected chi connectivity index (χ2v) is 5.26. The van der Waals surface area contributed by atoms with E-state index in [1.807, 2.05) is 42.5 Å². The molecule has 0 N–H and O–H groups in total. The first-order chi connectivity index (χ1) is 10.3. The van der Waals surface area contributed by atoms with E-state index in [1.54, 1.807) is 12.4 Å². The van der Waals surface area contributed by atoms with Gasteiger partial charge in [0, 0.05) is 22.9 Å². The second kappa shape index (κ2) is 6.54. The smallest absolute Gasteiger partial charge is 0.148 e. The van der Waals surface area contributed by atoms with E-state index in [4.69, 9.17) is 9.47 Å². The van der Waals surface area contributed by atoms with Gasteiger partial charge in [-0.25, -0.2) is 4.98 Å². The van der Waals surface area contributed by atoms with Crippen molar-refractivity contribution in [3.63, 3.8) is 0 Å². The number of rotatable bonds is 5. The van der Waals surface area contributed by atoms with Crippen molar-refractivity contribution in [1.29, 1.82) is 0 Å². The number of benzene rings is 1. The number of halogens is 1. The Morgan fingerprint density at radius 2 is 1.76 bits per heavy atom. The highest BCUT2D eigenvalue weighted by Crippen LogP contribution is 2.23. The van der Waals surface area contributed by atoms with E-state index in [9.17, 15) is 0 Å². The van der Waals surface area contributed by atoms with Crippen molar-refractivity contribution in [2.24, 2.45) is 0 Å². The fraction of sp³-hybridized carbons (Fsp3) is 0.125. The minimum absolute atomic E-state index is 0.450. The molecule has 0 saturated heterocycles. The van der Waals surface area contributed by atoms with E-state index in [0.29, 0.717) is 19.0 Å². The maximum atomic E-state index is 5.74. The van der Waals surface area contributed by atoms with Crippen molar-refractivity contribution >= 4 is 27.0 Å². The number of fused-ring (bicyclic) bond motifs is 1. The summed E-state index contributed by atoms with van der Waals surface area (Å²) in [5, 5.41) is 0. The number of aromatic nitrogens is 2. The lowest BCUT2D eigenvalue weighted by atomic mass is 10.3. The number of para-hydroxylation sites is 1. The number of nitrogens with zero attached hydrogens (tertiary/aromatic N) is 2. The number of pyridine rings is 2. The molecule has 2 heterocycles. The Hall–Kier alpha value is -2.14. The zero-order chi connectivity index (χ0) is 14.5. The van der Waals surface area contributed by atoms with Crippen LogP contribution in [0.2, 0.25) is 0 Å². The zero-order valence-corrected chi connectivity index (χ0v) is 12.8. The first-order valence-electron chi connectivity index (χ1n) is 6.54. The van der Waals surface area contributed by atoms with Crippen LogP contribution in [0.1, 0.15) is 0 Å². The Morgan fingerprint density at radius 1 is 0.952 bits per heavy atom. The van der Waals surface area contributed by atoms with Crippen LogP contribution in [0, 0.1) is 0 Å². The van der Waals surface area contributed by atoms with Crippen LogP contribution >= 0.6 is 15.9 Å². The first-order valence-corrected chi connectivity index (χ1v) is 7.33. The van der Waals surface area contributed by atoms with Gasteiger partial charge in [-0.3, -0.25) is 4.98 Å². The van der Waals surface area contributed by atoms with Crippen LogP contribution in [-0.2, 0) is 0 Å². The number of ether oxygens (including phenoxy) is 2. The Balaban J connectivity index is 1.63. The number of hydrogen-bond acceptors (Lipinski definition) is 4. The van der Waals surface area contributed by atoms with E-state index in [1.165, 1.54) is 0 Å². The minimum Gasteiger partial charge on any atom is -0.490 e. The highest BCUT2D eigenvalue weighted by molar-refractivity contribution is 9.10. The lowest BCUT2D eigenvalue weighted by Gasteiger charge is -2.09. The zero-order valence-electron chi connectivity index (χ0n) is 11.2. The molecule has 0 aliphatic heterocycles. The molecule has 0 radical (unpaired) electrons. The van der Waals surface area contributed by atoms with E-state index in [-0.39, 0.29) is 0 Å². The van der Waals surface area contributed by atoms with Crippen LogP contribution in [0.25, 0.3) is 11.0 Å². The van der Waals surface area contributed by atoms with E-state index in [0.717, 1.165) is 21.3 Å². The van der Waals surface area contributed by atoms with Crippen LogP contribution in [0.5, 0.6) is 11.5 Å². The van der Waals surface area contributed by atoms with Gasteiger partial charge in [-0.05, 0) is 34.1 Å². The van der Waals surface area contributed by atoms with Gasteiger partial charge in [0.15, 0.2) is 0 Å². The van der Waals surface area contributed by atoms with Crippen molar-refractivity contribution in [1.82, 2.24) is 9.97 Å². The topological polar surface area (TPSA) is 44.2 Å². The highest BCUT2D eigenvalue weighted by Gasteiger charge is 2.05. The molecule has 1 aromatic carbocycles. The maximum absolute atomic E-state index is 5.74. The third-order valence-corrected chi connectivity index (χ3v) is 3.29. The molecule has 0 fully saturated rings. The summed E-state index contributed by atoms with van der Waals surface area (Å²) in [6, 6.07) is 13.4. The Morgan fingerprint density at radius 3 is 2.62 bits per heavy atom. The molecular weight excluding hydrogens is 332 g/mol. The van der Waals surface area contributed by atoms with E-state index >= 15 is 0 Å². The summed E-state index contributed by atoms with van der Waals surface area (Å²) in [7, 11) is 0. The highest BCUT2D eigenvalue weighted by atomic mass is 79.9. The van der Waals surface area contributed by atoms with Crippen LogP contribution in [0.15, 0.2) is 59.3 Å². The van der Waals surface area contributed by atoms with Gasteiger partial charge in [0.1, 0.15) is 30.2 Å². The minimum atomic E-state index is 0.450. The fourth-order valence-electron chi connectivity index (χ4n) is 1.93. The molecule has 5 heteroatoms. The molecule has 0 spiro atoms. The molecule has 21 heavy (non-hydrogen) atoms. The lowest BCUT2D eigenvalue weighted by Crippen LogP contribution is -2.09. The largest absolute Gasteiger partial charge is 0.490 e. The molecule has 0 saturated carbocycles. The Kier molecular flexibility index (Phi) is 4.31. The van der Waals surface area contributed by atoms with Crippen molar-refractivity contribution in [2.75, 3.05) is 13.2 Å². The molecule has 3 rings (SSSR count). The van der Waals surface area contributed by atoms with Crippen molar-refractivity contribution in [3.8, 4) is 11.5 Å². The van der Waals surface area contributed by atoms with E-state index < -0.39 is 0 Å². The van der Waals surface area contributed by atoms with Crippen LogP contribution in [0.3, 0.4) is 0 Å². The van der Waals surface area contributed by atoms with Gasteiger partial charge in [0.25, 0.3) is 0 Å². The normalized spacial score (nSPS) is 10.5. The standard InChI is InChI=1S/C16H13BrN2O2/c17-12-10-14-16(19-11-12)15(6-7-18-14)21-9-8-20-13-4-2-1-3-5-13/h1-7,10-11H,8-9H2. The van der Waals surface area contributed by atoms with Gasteiger partial charge in [-0.1, -0.05) is 18.2 Å². The van der Waals surface area contributed by atoms with Gasteiger partial charge in [0.2, 0.25) is 0 Å². The lowest BCUT2D eigenvalue weighted by molar-refractivity contribution is 0.218. The maximum Gasteiger partial charge on any atom is 0.148 e. The third-order valence-electron chi connectivity index (χ3n) is 2.86. The first kappa shape index (κ1) is 13.8. The molecular formula is C16H13BrN2O2. The summed E-state index contributed by atoms with van der Waals surface area (Å²) >= 11 is 3.38. The SMILES string of the molecule is Brc1cnc2c(OCCOc3ccccc3)ccnc2c1. The molecule has 4 nitrogen and oxygen atoms in total. The third kappa shape index (κ3) is 3.49. The predicted octanol–water partition coefficient (Wildman–Crippen LogP) is 3.85. The van der Waals surface area contributed by atoms with Gasteiger partial charge >= 0.3 is 0 Å². The van der Waals surface area contributed by atoms with Gasteiger partial charge in [-0.2, -0.15) is 0 Å². The van der Waals surface area contributed by atoms with Gasteiger partial charge in [-0.15, -0.1) is 0 Å². The molecule has 0 aliphatic carbocycles. The molecule has 106 valence electrons. The monoisotopic (exact) mass is 344 g/mol. The van der Waals surface area contributed by atoms with E-state index in [2.05, 4.69) is 25.9 Å². The van der Waals surface area contributed by atoms with Crippen LogP contribution in [-0.4, -0.2) is 23.2 Å². The van der Waals surface area contributed by atoms with Crippen molar-refractivity contribution < 1.29 is 9.47 Å². The summed E-state index contributed by atoms with van der Waals surface area (Å²) in [6.45, 7) is 0.927. The molecule has 0 amide bonds. The quantitative estimate of drug-likeness (QED) is 0.659. The predicted molar refractivity (Wildman–Crippen MR) is 84.7 cm³/mol. The molecule has 2 aromatic heterocycles. The summed E-state index contributed by atoms with van der Waals surface area (Å²) in [6.07, 6.45) is 3.45. The fourth-order valence-corrected chi connectivity index (χ4v) is 2.24. The average Bonchev–Trinajstić information content (AvgIpc) is 2.52.